The van der Waals surface area contributed by atoms with Crippen LogP contribution >= 0.6 is 0 Å². The molecular weight excluding hydrogens is 217 g/mol. The topological polar surface area (TPSA) is 9.23 Å². The Bertz CT molecular complexity index is 189. The molecule has 0 amide bonds. The van der Waals surface area contributed by atoms with Crippen LogP contribution in [0.25, 0.3) is 0 Å². The number of hydrogen-bond donors (Lipinski definition) is 0. The van der Waals surface area contributed by atoms with Gasteiger partial charge in [-0.25, -0.2) is 0 Å². The van der Waals surface area contributed by atoms with E-state index >= 15 is 0 Å². The summed E-state index contributed by atoms with van der Waals surface area (Å²) in [5, 5.41) is 0. The molecule has 0 aliphatic rings. The molecule has 16 heavy (non-hydrogen) atoms. The van der Waals surface area contributed by atoms with Crippen molar-refractivity contribution in [3.8, 4) is 0 Å². The third-order valence-electron chi connectivity index (χ3n) is 2.82. The zero-order valence-corrected chi connectivity index (χ0v) is 10.7. The van der Waals surface area contributed by atoms with Crippen molar-refractivity contribution in [2.24, 2.45) is 5.92 Å². The number of hydrogen-bond acceptors (Lipinski definition) is 1. The van der Waals surface area contributed by atoms with Crippen molar-refractivity contribution in [3.05, 3.63) is 0 Å². The zero-order chi connectivity index (χ0) is 12.8. The molecule has 0 saturated heterocycles. The van der Waals surface area contributed by atoms with E-state index in [-0.39, 0.29) is 0 Å². The summed E-state index contributed by atoms with van der Waals surface area (Å²) in [5.41, 5.74) is -0.635. The Morgan fingerprint density at radius 3 is 2.12 bits per heavy atom. The van der Waals surface area contributed by atoms with Crippen molar-refractivity contribution in [2.75, 3.05) is 6.61 Å². The third kappa shape index (κ3) is 7.97. The van der Waals surface area contributed by atoms with E-state index in [1.807, 2.05) is 6.92 Å². The lowest BCUT2D eigenvalue weighted by molar-refractivity contribution is -0.204. The van der Waals surface area contributed by atoms with Crippen molar-refractivity contribution in [3.63, 3.8) is 0 Å². The second-order valence-electron chi connectivity index (χ2n) is 4.99. The summed E-state index contributed by atoms with van der Waals surface area (Å²) in [7, 11) is 0. The van der Waals surface area contributed by atoms with E-state index in [0.29, 0.717) is 18.8 Å². The molecule has 0 saturated carbocycles. The van der Waals surface area contributed by atoms with Gasteiger partial charge in [-0.3, -0.25) is 0 Å². The maximum absolute atomic E-state index is 12.0. The van der Waals surface area contributed by atoms with Gasteiger partial charge in [-0.15, -0.1) is 0 Å². The Morgan fingerprint density at radius 1 is 1.19 bits per heavy atom. The molecule has 0 spiro atoms. The zero-order valence-electron chi connectivity index (χ0n) is 10.7. The molecule has 98 valence electrons. The van der Waals surface area contributed by atoms with Crippen molar-refractivity contribution in [1.82, 2.24) is 0 Å². The summed E-state index contributed by atoms with van der Waals surface area (Å²) in [6.45, 7) is 6.71. The van der Waals surface area contributed by atoms with Crippen LogP contribution in [0.4, 0.5) is 13.2 Å². The quantitative estimate of drug-likeness (QED) is 0.633. The standard InChI is InChI=1S/C12H23F3O/c1-5-11(4,8-6-7-10(2)3)16-9-12(13,14)15/h10H,5-9H2,1-4H3/t11-/m0/s1. The Labute approximate surface area is 96.4 Å². The van der Waals surface area contributed by atoms with Gasteiger partial charge >= 0.3 is 6.18 Å². The van der Waals surface area contributed by atoms with Crippen molar-refractivity contribution >= 4 is 0 Å². The summed E-state index contributed by atoms with van der Waals surface area (Å²) < 4.78 is 41.1. The van der Waals surface area contributed by atoms with Gasteiger partial charge < -0.3 is 4.74 Å². The third-order valence-corrected chi connectivity index (χ3v) is 2.82. The van der Waals surface area contributed by atoms with E-state index in [4.69, 9.17) is 4.74 Å². The van der Waals surface area contributed by atoms with Crippen LogP contribution in [-0.4, -0.2) is 18.4 Å². The maximum Gasteiger partial charge on any atom is 0.411 e. The normalized spacial score (nSPS) is 16.5. The molecule has 0 aromatic carbocycles. The summed E-state index contributed by atoms with van der Waals surface area (Å²) in [5.74, 6) is 0.587. The van der Waals surface area contributed by atoms with E-state index in [2.05, 4.69) is 13.8 Å². The average Bonchev–Trinajstić information content (AvgIpc) is 2.13. The lowest BCUT2D eigenvalue weighted by atomic mass is 9.93. The van der Waals surface area contributed by atoms with Gasteiger partial charge in [-0.05, 0) is 25.7 Å². The predicted octanol–water partition coefficient (Wildman–Crippen LogP) is 4.56. The number of rotatable bonds is 7. The molecule has 0 fully saturated rings. The van der Waals surface area contributed by atoms with Crippen LogP contribution in [0.15, 0.2) is 0 Å². The second kappa shape index (κ2) is 6.48. The van der Waals surface area contributed by atoms with Gasteiger partial charge in [-0.1, -0.05) is 33.6 Å². The van der Waals surface area contributed by atoms with Crippen LogP contribution < -0.4 is 0 Å². The second-order valence-corrected chi connectivity index (χ2v) is 4.99. The highest BCUT2D eigenvalue weighted by atomic mass is 19.4. The molecule has 4 heteroatoms. The number of halogens is 3. The van der Waals surface area contributed by atoms with Crippen molar-refractivity contribution in [2.45, 2.75) is 65.2 Å². The Kier molecular flexibility index (Phi) is 6.38. The minimum absolute atomic E-state index is 0.587. The fourth-order valence-corrected chi connectivity index (χ4v) is 1.49. The summed E-state index contributed by atoms with van der Waals surface area (Å²) in [4.78, 5) is 0. The van der Waals surface area contributed by atoms with Crippen LogP contribution in [0.1, 0.15) is 53.4 Å². The summed E-state index contributed by atoms with van der Waals surface area (Å²) in [6, 6.07) is 0. The first-order chi connectivity index (χ1) is 7.18. The van der Waals surface area contributed by atoms with Gasteiger partial charge in [0.05, 0.1) is 5.60 Å². The van der Waals surface area contributed by atoms with E-state index in [1.54, 1.807) is 6.92 Å². The van der Waals surface area contributed by atoms with Crippen LogP contribution in [0.5, 0.6) is 0 Å². The molecule has 0 N–H and O–H groups in total. The molecule has 0 rings (SSSR count). The number of ether oxygens (including phenoxy) is 1. The molecule has 0 bridgehead atoms. The van der Waals surface area contributed by atoms with Crippen LogP contribution in [0, 0.1) is 5.92 Å². The Balaban J connectivity index is 4.00. The molecule has 0 aromatic heterocycles. The first kappa shape index (κ1) is 15.8. The highest BCUT2D eigenvalue weighted by molar-refractivity contribution is 4.74. The van der Waals surface area contributed by atoms with E-state index in [0.717, 1.165) is 12.8 Å². The highest BCUT2D eigenvalue weighted by Crippen LogP contribution is 2.27. The van der Waals surface area contributed by atoms with E-state index in [1.165, 1.54) is 0 Å². The first-order valence-electron chi connectivity index (χ1n) is 5.89. The van der Waals surface area contributed by atoms with Crippen molar-refractivity contribution in [1.29, 1.82) is 0 Å². The maximum atomic E-state index is 12.0. The minimum atomic E-state index is -4.23. The monoisotopic (exact) mass is 240 g/mol. The molecule has 0 heterocycles. The van der Waals surface area contributed by atoms with E-state index in [9.17, 15) is 13.2 Å². The SMILES string of the molecule is CC[C@@](C)(CCCC(C)C)OCC(F)(F)F. The predicted molar refractivity (Wildman–Crippen MR) is 59.4 cm³/mol. The Hall–Kier alpha value is -0.250. The molecule has 0 radical (unpaired) electrons. The lowest BCUT2D eigenvalue weighted by Crippen LogP contribution is -2.33. The van der Waals surface area contributed by atoms with Gasteiger partial charge in [0.1, 0.15) is 6.61 Å². The van der Waals surface area contributed by atoms with Crippen molar-refractivity contribution < 1.29 is 17.9 Å². The fourth-order valence-electron chi connectivity index (χ4n) is 1.49. The van der Waals surface area contributed by atoms with Gasteiger partial charge in [0.15, 0.2) is 0 Å². The van der Waals surface area contributed by atoms with Gasteiger partial charge in [0, 0.05) is 0 Å². The number of alkyl halides is 3. The molecule has 0 aliphatic carbocycles. The summed E-state index contributed by atoms with van der Waals surface area (Å²) in [6.07, 6.45) is -0.974. The van der Waals surface area contributed by atoms with Gasteiger partial charge in [-0.2, -0.15) is 13.2 Å². The molecule has 0 unspecified atom stereocenters. The van der Waals surface area contributed by atoms with E-state index < -0.39 is 18.4 Å². The molecule has 1 atom stereocenters. The lowest BCUT2D eigenvalue weighted by Gasteiger charge is -2.29. The Morgan fingerprint density at radius 2 is 1.75 bits per heavy atom. The fraction of sp³-hybridized carbons (Fsp3) is 1.00. The van der Waals surface area contributed by atoms with Crippen LogP contribution in [0.3, 0.4) is 0 Å². The first-order valence-corrected chi connectivity index (χ1v) is 5.89. The molecular formula is C12H23F3O. The molecule has 1 nitrogen and oxygen atoms in total. The van der Waals surface area contributed by atoms with Gasteiger partial charge in [0.2, 0.25) is 0 Å². The summed E-state index contributed by atoms with van der Waals surface area (Å²) >= 11 is 0. The highest BCUT2D eigenvalue weighted by Gasteiger charge is 2.33. The van der Waals surface area contributed by atoms with Gasteiger partial charge in [0.25, 0.3) is 0 Å². The smallest absolute Gasteiger partial charge is 0.366 e. The van der Waals surface area contributed by atoms with Crippen LogP contribution in [-0.2, 0) is 4.74 Å². The largest absolute Gasteiger partial charge is 0.411 e. The van der Waals surface area contributed by atoms with Crippen LogP contribution in [0.2, 0.25) is 0 Å². The molecule has 0 aliphatic heterocycles. The minimum Gasteiger partial charge on any atom is -0.366 e. The average molecular weight is 240 g/mol. The molecule has 0 aromatic rings.